The Balaban J connectivity index is 1.54. The number of fused-ring (bicyclic) bond motifs is 1. The van der Waals surface area contributed by atoms with Crippen LogP contribution >= 0.6 is 11.3 Å². The molecule has 0 aliphatic carbocycles. The summed E-state index contributed by atoms with van der Waals surface area (Å²) < 4.78 is 6.94. The van der Waals surface area contributed by atoms with Crippen LogP contribution in [-0.2, 0) is 0 Å². The van der Waals surface area contributed by atoms with E-state index in [4.69, 9.17) is 4.42 Å². The van der Waals surface area contributed by atoms with Gasteiger partial charge >= 0.3 is 0 Å². The third-order valence-corrected chi connectivity index (χ3v) is 6.93. The number of piperazine rings is 1. The van der Waals surface area contributed by atoms with Crippen LogP contribution in [0.1, 0.15) is 23.4 Å². The molecular formula is C21H25N5O2S+2. The first-order valence-electron chi connectivity index (χ1n) is 10.1. The van der Waals surface area contributed by atoms with Crippen LogP contribution in [0.5, 0.6) is 5.88 Å². The van der Waals surface area contributed by atoms with Crippen LogP contribution in [0.2, 0.25) is 0 Å². The molecule has 1 aliphatic rings. The highest BCUT2D eigenvalue weighted by molar-refractivity contribution is 7.17. The van der Waals surface area contributed by atoms with E-state index in [1.807, 2.05) is 18.2 Å². The first kappa shape index (κ1) is 18.4. The normalized spacial score (nSPS) is 20.9. The molecule has 0 unspecified atom stereocenters. The molecule has 5 rings (SSSR count). The van der Waals surface area contributed by atoms with Gasteiger partial charge in [-0.15, -0.1) is 5.10 Å². The Morgan fingerprint density at radius 2 is 1.93 bits per heavy atom. The second-order valence-corrected chi connectivity index (χ2v) is 8.51. The average molecular weight is 412 g/mol. The van der Waals surface area contributed by atoms with Crippen molar-refractivity contribution in [2.75, 3.05) is 32.7 Å². The SMILES string of the molecule is CC[NH+]1CC[NH+]([C@H](c2ccccc2)c2sc3nc(-c4ccco4)nn3c2O)CC1. The molecule has 8 heteroatoms. The molecule has 0 saturated carbocycles. The highest BCUT2D eigenvalue weighted by atomic mass is 32.1. The van der Waals surface area contributed by atoms with Gasteiger partial charge in [0, 0.05) is 5.56 Å². The summed E-state index contributed by atoms with van der Waals surface area (Å²) >= 11 is 1.52. The fourth-order valence-corrected chi connectivity index (χ4v) is 5.37. The van der Waals surface area contributed by atoms with Crippen molar-refractivity contribution >= 4 is 16.3 Å². The molecule has 0 bridgehead atoms. The largest absolute Gasteiger partial charge is 0.492 e. The minimum Gasteiger partial charge on any atom is -0.492 e. The molecule has 3 aromatic heterocycles. The number of benzene rings is 1. The van der Waals surface area contributed by atoms with Crippen LogP contribution in [0.4, 0.5) is 0 Å². The molecule has 0 amide bonds. The smallest absolute Gasteiger partial charge is 0.235 e. The summed E-state index contributed by atoms with van der Waals surface area (Å²) in [6.45, 7) is 7.87. The van der Waals surface area contributed by atoms with E-state index < -0.39 is 0 Å². The van der Waals surface area contributed by atoms with Crippen LogP contribution in [0, 0.1) is 0 Å². The molecule has 150 valence electrons. The Kier molecular flexibility index (Phi) is 4.83. The molecule has 1 atom stereocenters. The average Bonchev–Trinajstić information content (AvgIpc) is 3.49. The lowest BCUT2D eigenvalue weighted by molar-refractivity contribution is -1.02. The summed E-state index contributed by atoms with van der Waals surface area (Å²) in [6.07, 6.45) is 1.60. The zero-order valence-corrected chi connectivity index (χ0v) is 17.2. The highest BCUT2D eigenvalue weighted by Gasteiger charge is 2.35. The zero-order chi connectivity index (χ0) is 19.8. The number of nitrogens with one attached hydrogen (secondary N) is 2. The third-order valence-electron chi connectivity index (χ3n) is 5.84. The fraction of sp³-hybridized carbons (Fsp3) is 0.333. The number of aromatic hydroxyl groups is 1. The summed E-state index contributed by atoms with van der Waals surface area (Å²) in [5.74, 6) is 1.28. The lowest BCUT2D eigenvalue weighted by Gasteiger charge is -2.34. The number of likely N-dealkylation sites (N-methyl/N-ethyl adjacent to an activating group) is 1. The van der Waals surface area contributed by atoms with Gasteiger partial charge in [-0.2, -0.15) is 9.50 Å². The minimum atomic E-state index is 0.0789. The number of aromatic nitrogens is 3. The van der Waals surface area contributed by atoms with Crippen LogP contribution < -0.4 is 9.80 Å². The van der Waals surface area contributed by atoms with E-state index in [0.717, 1.165) is 31.1 Å². The molecular weight excluding hydrogens is 386 g/mol. The standard InChI is InChI=1S/C21H23N5O2S/c1-2-24-10-12-25(13-11-24)17(15-7-4-3-5-8-15)18-20(27)26-21(29-18)22-19(23-26)16-9-6-14-28-16/h3-9,14,17,27H,2,10-13H2,1H3/p+2/t17-/m1/s1. The van der Waals surface area contributed by atoms with Crippen molar-refractivity contribution < 1.29 is 19.3 Å². The van der Waals surface area contributed by atoms with Crippen molar-refractivity contribution in [3.05, 3.63) is 59.2 Å². The second kappa shape index (κ2) is 7.62. The van der Waals surface area contributed by atoms with Crippen LogP contribution in [0.3, 0.4) is 0 Å². The quantitative estimate of drug-likeness (QED) is 0.451. The maximum atomic E-state index is 11.1. The van der Waals surface area contributed by atoms with E-state index in [1.54, 1.807) is 15.7 Å². The van der Waals surface area contributed by atoms with E-state index in [-0.39, 0.29) is 11.9 Å². The molecule has 1 aromatic carbocycles. The summed E-state index contributed by atoms with van der Waals surface area (Å²) in [4.78, 5) is 9.33. The second-order valence-electron chi connectivity index (χ2n) is 7.50. The Labute approximate surface area is 172 Å². The molecule has 1 aliphatic heterocycles. The van der Waals surface area contributed by atoms with Crippen molar-refractivity contribution in [3.63, 3.8) is 0 Å². The highest BCUT2D eigenvalue weighted by Crippen LogP contribution is 2.35. The van der Waals surface area contributed by atoms with Crippen molar-refractivity contribution in [1.29, 1.82) is 0 Å². The van der Waals surface area contributed by atoms with Gasteiger partial charge in [0.25, 0.3) is 0 Å². The number of thiazole rings is 1. The number of nitrogens with zero attached hydrogens (tertiary/aromatic N) is 3. The molecule has 4 aromatic rings. The van der Waals surface area contributed by atoms with Gasteiger partial charge in [-0.3, -0.25) is 0 Å². The first-order chi connectivity index (χ1) is 14.2. The summed E-state index contributed by atoms with van der Waals surface area (Å²) in [7, 11) is 0. The lowest BCUT2D eigenvalue weighted by Crippen LogP contribution is -3.28. The Morgan fingerprint density at radius 3 is 2.59 bits per heavy atom. The summed E-state index contributed by atoms with van der Waals surface area (Å²) in [5, 5.41) is 15.6. The van der Waals surface area contributed by atoms with E-state index in [2.05, 4.69) is 41.3 Å². The van der Waals surface area contributed by atoms with Crippen LogP contribution in [-0.4, -0.2) is 52.4 Å². The monoisotopic (exact) mass is 411 g/mol. The Morgan fingerprint density at radius 1 is 1.14 bits per heavy atom. The number of hydrogen-bond acceptors (Lipinski definition) is 5. The van der Waals surface area contributed by atoms with Gasteiger partial charge in [0.15, 0.2) is 11.8 Å². The molecule has 1 saturated heterocycles. The molecule has 3 N–H and O–H groups in total. The maximum Gasteiger partial charge on any atom is 0.235 e. The maximum absolute atomic E-state index is 11.1. The van der Waals surface area contributed by atoms with Crippen LogP contribution in [0.25, 0.3) is 16.5 Å². The third kappa shape index (κ3) is 3.33. The minimum absolute atomic E-state index is 0.0789. The predicted molar refractivity (Wildman–Crippen MR) is 110 cm³/mol. The van der Waals surface area contributed by atoms with E-state index in [1.165, 1.54) is 28.3 Å². The predicted octanol–water partition coefficient (Wildman–Crippen LogP) is 0.649. The molecule has 1 fully saturated rings. The van der Waals surface area contributed by atoms with Crippen LogP contribution in [0.15, 0.2) is 53.1 Å². The number of rotatable bonds is 5. The van der Waals surface area contributed by atoms with Gasteiger partial charge in [0.1, 0.15) is 31.1 Å². The van der Waals surface area contributed by atoms with E-state index in [0.29, 0.717) is 16.5 Å². The summed E-state index contributed by atoms with van der Waals surface area (Å²) in [5.41, 5.74) is 1.22. The molecule has 0 spiro atoms. The molecule has 4 heterocycles. The zero-order valence-electron chi connectivity index (χ0n) is 16.3. The number of quaternary nitrogens is 2. The molecule has 29 heavy (non-hydrogen) atoms. The van der Waals surface area contributed by atoms with Gasteiger partial charge in [-0.25, -0.2) is 0 Å². The Bertz CT molecular complexity index is 1080. The molecule has 0 radical (unpaired) electrons. The summed E-state index contributed by atoms with van der Waals surface area (Å²) in [6, 6.07) is 14.2. The van der Waals surface area contributed by atoms with Crippen molar-refractivity contribution in [3.8, 4) is 17.5 Å². The Hall–Kier alpha value is -2.68. The van der Waals surface area contributed by atoms with Crippen molar-refractivity contribution in [1.82, 2.24) is 14.6 Å². The van der Waals surface area contributed by atoms with Crippen molar-refractivity contribution in [2.45, 2.75) is 13.0 Å². The molecule has 7 nitrogen and oxygen atoms in total. The van der Waals surface area contributed by atoms with Gasteiger partial charge in [0.2, 0.25) is 16.7 Å². The van der Waals surface area contributed by atoms with Gasteiger partial charge in [0.05, 0.1) is 12.8 Å². The topological polar surface area (TPSA) is 72.4 Å². The lowest BCUT2D eigenvalue weighted by atomic mass is 10.0. The van der Waals surface area contributed by atoms with Gasteiger partial charge in [-0.05, 0) is 19.1 Å². The van der Waals surface area contributed by atoms with E-state index >= 15 is 0 Å². The van der Waals surface area contributed by atoms with Crippen molar-refractivity contribution in [2.24, 2.45) is 0 Å². The first-order valence-corrected chi connectivity index (χ1v) is 10.9. The number of hydrogen-bond donors (Lipinski definition) is 3. The van der Waals surface area contributed by atoms with Gasteiger partial charge in [-0.1, -0.05) is 41.7 Å². The fourth-order valence-electron chi connectivity index (χ4n) is 4.23. The van der Waals surface area contributed by atoms with Gasteiger partial charge < -0.3 is 19.3 Å². The number of furan rings is 1. The van der Waals surface area contributed by atoms with E-state index in [9.17, 15) is 5.11 Å².